The predicted molar refractivity (Wildman–Crippen MR) is 70.3 cm³/mol. The van der Waals surface area contributed by atoms with Crippen LogP contribution in [0.5, 0.6) is 0 Å². The smallest absolute Gasteiger partial charge is 0.338 e. The fourth-order valence-corrected chi connectivity index (χ4v) is 1.65. The number of hydrogen-bond donors (Lipinski definition) is 1. The molecule has 0 aliphatic heterocycles. The molecule has 2 rings (SSSR count). The molecule has 1 heterocycles. The molecule has 0 fully saturated rings. The largest absolute Gasteiger partial charge is 0.465 e. The summed E-state index contributed by atoms with van der Waals surface area (Å²) in [4.78, 5) is 15.4. The molecule has 0 saturated carbocycles. The van der Waals surface area contributed by atoms with Gasteiger partial charge >= 0.3 is 5.97 Å². The van der Waals surface area contributed by atoms with Crippen LogP contribution in [0.3, 0.4) is 0 Å². The quantitative estimate of drug-likeness (QED) is 0.876. The molecule has 0 atom stereocenters. The molecule has 1 N–H and O–H groups in total. The number of carbonyl (C=O) groups excluding carboxylic acids is 1. The molecular weight excluding hydrogens is 271 g/mol. The number of esters is 1. The molecule has 0 spiro atoms. The molecule has 0 bridgehead atoms. The summed E-state index contributed by atoms with van der Waals surface area (Å²) < 4.78 is 17.6. The van der Waals surface area contributed by atoms with Crippen molar-refractivity contribution in [3.05, 3.63) is 52.9 Å². The number of anilines is 2. The lowest BCUT2D eigenvalue weighted by atomic mass is 10.2. The van der Waals surface area contributed by atoms with Crippen molar-refractivity contribution in [3.63, 3.8) is 0 Å². The van der Waals surface area contributed by atoms with Gasteiger partial charge in [-0.15, -0.1) is 0 Å². The second kappa shape index (κ2) is 5.67. The molecule has 0 amide bonds. The number of halogens is 2. The summed E-state index contributed by atoms with van der Waals surface area (Å²) >= 11 is 5.67. The average Bonchev–Trinajstić information content (AvgIpc) is 2.42. The highest BCUT2D eigenvalue weighted by Gasteiger charge is 2.07. The van der Waals surface area contributed by atoms with E-state index in [-0.39, 0.29) is 5.02 Å². The SMILES string of the molecule is COC(=O)c1ccnc(Nc2ccc(F)c(Cl)c2)c1. The minimum absolute atomic E-state index is 0.00845. The number of nitrogens with zero attached hydrogens (tertiary/aromatic N) is 1. The Labute approximate surface area is 114 Å². The third-order valence-corrected chi connectivity index (χ3v) is 2.66. The number of pyridine rings is 1. The van der Waals surface area contributed by atoms with E-state index >= 15 is 0 Å². The molecule has 2 aromatic rings. The summed E-state index contributed by atoms with van der Waals surface area (Å²) in [6, 6.07) is 7.27. The van der Waals surface area contributed by atoms with Crippen molar-refractivity contribution in [3.8, 4) is 0 Å². The van der Waals surface area contributed by atoms with Gasteiger partial charge in [-0.05, 0) is 30.3 Å². The van der Waals surface area contributed by atoms with Gasteiger partial charge in [0.25, 0.3) is 0 Å². The number of ether oxygens (including phenoxy) is 1. The standard InChI is InChI=1S/C13H10ClFN2O2/c1-19-13(18)8-4-5-16-12(6-8)17-9-2-3-11(15)10(14)7-9/h2-7H,1H3,(H,16,17). The van der Waals surface area contributed by atoms with Gasteiger partial charge in [-0.1, -0.05) is 11.6 Å². The zero-order valence-electron chi connectivity index (χ0n) is 9.98. The molecule has 6 heteroatoms. The number of nitrogens with one attached hydrogen (secondary N) is 1. The van der Waals surface area contributed by atoms with E-state index in [1.54, 1.807) is 0 Å². The Morgan fingerprint density at radius 2 is 2.16 bits per heavy atom. The van der Waals surface area contributed by atoms with E-state index in [2.05, 4.69) is 15.0 Å². The number of carbonyl (C=O) groups is 1. The van der Waals surface area contributed by atoms with E-state index < -0.39 is 11.8 Å². The summed E-state index contributed by atoms with van der Waals surface area (Å²) in [5.74, 6) is -0.517. The van der Waals surface area contributed by atoms with Crippen molar-refractivity contribution in [1.29, 1.82) is 0 Å². The number of aromatic nitrogens is 1. The number of rotatable bonds is 3. The van der Waals surface area contributed by atoms with Gasteiger partial charge in [0.15, 0.2) is 0 Å². The van der Waals surface area contributed by atoms with Crippen molar-refractivity contribution in [2.24, 2.45) is 0 Å². The number of benzene rings is 1. The maximum atomic E-state index is 13.0. The molecule has 0 radical (unpaired) electrons. The van der Waals surface area contributed by atoms with E-state index in [9.17, 15) is 9.18 Å². The van der Waals surface area contributed by atoms with E-state index in [0.717, 1.165) is 0 Å². The Balaban J connectivity index is 2.23. The van der Waals surface area contributed by atoms with Crippen molar-refractivity contribution in [1.82, 2.24) is 4.98 Å². The minimum atomic E-state index is -0.497. The highest BCUT2D eigenvalue weighted by molar-refractivity contribution is 6.31. The molecule has 0 saturated heterocycles. The van der Waals surface area contributed by atoms with Crippen LogP contribution >= 0.6 is 11.6 Å². The second-order valence-electron chi connectivity index (χ2n) is 3.68. The third kappa shape index (κ3) is 3.20. The first-order valence-electron chi connectivity index (χ1n) is 5.36. The van der Waals surface area contributed by atoms with E-state index in [0.29, 0.717) is 17.1 Å². The summed E-state index contributed by atoms with van der Waals surface area (Å²) in [6.45, 7) is 0. The van der Waals surface area contributed by atoms with Crippen LogP contribution in [0.25, 0.3) is 0 Å². The average molecular weight is 281 g/mol. The van der Waals surface area contributed by atoms with Gasteiger partial charge < -0.3 is 10.1 Å². The van der Waals surface area contributed by atoms with Gasteiger partial charge in [0.05, 0.1) is 17.7 Å². The van der Waals surface area contributed by atoms with Crippen LogP contribution in [0.1, 0.15) is 10.4 Å². The third-order valence-electron chi connectivity index (χ3n) is 2.37. The zero-order valence-corrected chi connectivity index (χ0v) is 10.7. The van der Waals surface area contributed by atoms with Crippen LogP contribution in [0.2, 0.25) is 5.02 Å². The minimum Gasteiger partial charge on any atom is -0.465 e. The van der Waals surface area contributed by atoms with Gasteiger partial charge in [0.2, 0.25) is 0 Å². The van der Waals surface area contributed by atoms with Crippen LogP contribution in [-0.2, 0) is 4.74 Å². The van der Waals surface area contributed by atoms with Crippen molar-refractivity contribution in [2.45, 2.75) is 0 Å². The number of hydrogen-bond acceptors (Lipinski definition) is 4. The monoisotopic (exact) mass is 280 g/mol. The normalized spacial score (nSPS) is 10.1. The van der Waals surface area contributed by atoms with E-state index in [4.69, 9.17) is 11.6 Å². The van der Waals surface area contributed by atoms with Gasteiger partial charge in [-0.25, -0.2) is 14.2 Å². The Kier molecular flexibility index (Phi) is 3.97. The lowest BCUT2D eigenvalue weighted by molar-refractivity contribution is 0.0600. The van der Waals surface area contributed by atoms with Crippen LogP contribution in [0.15, 0.2) is 36.5 Å². The molecular formula is C13H10ClFN2O2. The zero-order chi connectivity index (χ0) is 13.8. The molecule has 1 aromatic carbocycles. The van der Waals surface area contributed by atoms with Crippen molar-refractivity contribution >= 4 is 29.1 Å². The van der Waals surface area contributed by atoms with Crippen molar-refractivity contribution in [2.75, 3.05) is 12.4 Å². The first-order valence-corrected chi connectivity index (χ1v) is 5.74. The van der Waals surface area contributed by atoms with Crippen LogP contribution < -0.4 is 5.32 Å². The summed E-state index contributed by atoms with van der Waals surface area (Å²) in [6.07, 6.45) is 1.47. The maximum Gasteiger partial charge on any atom is 0.338 e. The Morgan fingerprint density at radius 1 is 1.37 bits per heavy atom. The Morgan fingerprint density at radius 3 is 2.84 bits per heavy atom. The fraction of sp³-hybridized carbons (Fsp3) is 0.0769. The molecule has 4 nitrogen and oxygen atoms in total. The highest BCUT2D eigenvalue weighted by atomic mass is 35.5. The first kappa shape index (κ1) is 13.3. The van der Waals surface area contributed by atoms with Gasteiger partial charge in [-0.2, -0.15) is 0 Å². The summed E-state index contributed by atoms with van der Waals surface area (Å²) in [7, 11) is 1.30. The molecule has 0 aliphatic rings. The van der Waals surface area contributed by atoms with E-state index in [1.807, 2.05) is 0 Å². The maximum absolute atomic E-state index is 13.0. The molecule has 19 heavy (non-hydrogen) atoms. The predicted octanol–water partition coefficient (Wildman–Crippen LogP) is 3.40. The molecule has 1 aromatic heterocycles. The number of methoxy groups -OCH3 is 1. The highest BCUT2D eigenvalue weighted by Crippen LogP contribution is 2.22. The van der Waals surface area contributed by atoms with Crippen LogP contribution in [-0.4, -0.2) is 18.1 Å². The second-order valence-corrected chi connectivity index (χ2v) is 4.08. The summed E-state index contributed by atoms with van der Waals surface area (Å²) in [5.41, 5.74) is 0.939. The van der Waals surface area contributed by atoms with Gasteiger partial charge in [0.1, 0.15) is 11.6 Å². The van der Waals surface area contributed by atoms with Crippen molar-refractivity contribution < 1.29 is 13.9 Å². The molecule has 0 aliphatic carbocycles. The van der Waals surface area contributed by atoms with Gasteiger partial charge in [-0.3, -0.25) is 0 Å². The van der Waals surface area contributed by atoms with Gasteiger partial charge in [0, 0.05) is 11.9 Å². The Bertz CT molecular complexity index is 619. The topological polar surface area (TPSA) is 51.2 Å². The molecule has 98 valence electrons. The first-order chi connectivity index (χ1) is 9.10. The Hall–Kier alpha value is -2.14. The lowest BCUT2D eigenvalue weighted by Crippen LogP contribution is -2.03. The molecule has 0 unspecified atom stereocenters. The summed E-state index contributed by atoms with van der Waals surface area (Å²) in [5, 5.41) is 2.93. The van der Waals surface area contributed by atoms with Crippen LogP contribution in [0.4, 0.5) is 15.9 Å². The lowest BCUT2D eigenvalue weighted by Gasteiger charge is -2.07. The fourth-order valence-electron chi connectivity index (χ4n) is 1.47. The van der Waals surface area contributed by atoms with E-state index in [1.165, 1.54) is 43.6 Å². The van der Waals surface area contributed by atoms with Crippen LogP contribution in [0, 0.1) is 5.82 Å².